The number of benzene rings is 1. The summed E-state index contributed by atoms with van der Waals surface area (Å²) in [5.41, 5.74) is 8.67. The summed E-state index contributed by atoms with van der Waals surface area (Å²) in [4.78, 5) is 2.27. The molecule has 2 N–H and O–H groups in total. The highest BCUT2D eigenvalue weighted by Crippen LogP contribution is 2.25. The van der Waals surface area contributed by atoms with Crippen molar-refractivity contribution in [2.75, 3.05) is 33.9 Å². The highest BCUT2D eigenvalue weighted by Gasteiger charge is 2.19. The summed E-state index contributed by atoms with van der Waals surface area (Å²) in [6.45, 7) is 4.73. The molecular weight excluding hydrogens is 264 g/mol. The topological polar surface area (TPSA) is 47.7 Å². The zero-order valence-electron chi connectivity index (χ0n) is 13.5. The number of ether oxygens (including phenoxy) is 2. The lowest BCUT2D eigenvalue weighted by Gasteiger charge is -2.29. The van der Waals surface area contributed by atoms with E-state index >= 15 is 0 Å². The van der Waals surface area contributed by atoms with Crippen molar-refractivity contribution in [1.82, 2.24) is 4.90 Å². The van der Waals surface area contributed by atoms with E-state index in [2.05, 4.69) is 31.0 Å². The Hall–Kier alpha value is -1.10. The monoisotopic (exact) mass is 292 g/mol. The number of hydrogen-bond donors (Lipinski definition) is 1. The van der Waals surface area contributed by atoms with Crippen molar-refractivity contribution in [1.29, 1.82) is 0 Å². The third-order valence-electron chi connectivity index (χ3n) is 4.08. The summed E-state index contributed by atoms with van der Waals surface area (Å²) in [6, 6.07) is 6.12. The fourth-order valence-electron chi connectivity index (χ4n) is 2.95. The molecule has 0 radical (unpaired) electrons. The van der Waals surface area contributed by atoms with Crippen LogP contribution in [0.4, 0.5) is 0 Å². The molecule has 0 aliphatic carbocycles. The van der Waals surface area contributed by atoms with E-state index in [0.717, 1.165) is 37.4 Å². The number of rotatable bonds is 6. The van der Waals surface area contributed by atoms with Gasteiger partial charge in [0, 0.05) is 31.3 Å². The van der Waals surface area contributed by atoms with Crippen LogP contribution in [0.5, 0.6) is 5.75 Å². The van der Waals surface area contributed by atoms with Gasteiger partial charge in [-0.3, -0.25) is 0 Å². The van der Waals surface area contributed by atoms with Gasteiger partial charge in [0.1, 0.15) is 5.75 Å². The van der Waals surface area contributed by atoms with E-state index < -0.39 is 0 Å². The Morgan fingerprint density at radius 2 is 2.24 bits per heavy atom. The zero-order chi connectivity index (χ0) is 15.2. The Labute approximate surface area is 128 Å². The van der Waals surface area contributed by atoms with Gasteiger partial charge in [-0.2, -0.15) is 0 Å². The summed E-state index contributed by atoms with van der Waals surface area (Å²) < 4.78 is 11.2. The molecule has 1 saturated heterocycles. The summed E-state index contributed by atoms with van der Waals surface area (Å²) in [5.74, 6) is 0.871. The number of aryl methyl sites for hydroxylation is 1. The van der Waals surface area contributed by atoms with Crippen LogP contribution in [-0.2, 0) is 4.74 Å². The van der Waals surface area contributed by atoms with Crippen LogP contribution in [0, 0.1) is 6.92 Å². The SMILES string of the molecule is COc1ccc(C)cc1C(N)CN(C)CC1CCCCO1. The quantitative estimate of drug-likeness (QED) is 0.875. The van der Waals surface area contributed by atoms with Crippen LogP contribution in [0.1, 0.15) is 36.4 Å². The Bertz CT molecular complexity index is 444. The first-order chi connectivity index (χ1) is 10.1. The van der Waals surface area contributed by atoms with Gasteiger partial charge in [0.25, 0.3) is 0 Å². The lowest BCUT2D eigenvalue weighted by Crippen LogP contribution is -2.37. The van der Waals surface area contributed by atoms with E-state index in [-0.39, 0.29) is 6.04 Å². The van der Waals surface area contributed by atoms with Crippen LogP contribution in [0.2, 0.25) is 0 Å². The van der Waals surface area contributed by atoms with E-state index in [9.17, 15) is 0 Å². The summed E-state index contributed by atoms with van der Waals surface area (Å²) in [7, 11) is 3.81. The van der Waals surface area contributed by atoms with Gasteiger partial charge in [0.05, 0.1) is 13.2 Å². The van der Waals surface area contributed by atoms with Crippen LogP contribution < -0.4 is 10.5 Å². The van der Waals surface area contributed by atoms with Crippen molar-refractivity contribution < 1.29 is 9.47 Å². The molecule has 2 rings (SSSR count). The van der Waals surface area contributed by atoms with Crippen molar-refractivity contribution in [3.05, 3.63) is 29.3 Å². The molecule has 2 atom stereocenters. The van der Waals surface area contributed by atoms with Crippen molar-refractivity contribution in [2.45, 2.75) is 38.3 Å². The highest BCUT2D eigenvalue weighted by atomic mass is 16.5. The van der Waals surface area contributed by atoms with E-state index in [1.165, 1.54) is 18.4 Å². The van der Waals surface area contributed by atoms with Crippen LogP contribution >= 0.6 is 0 Å². The van der Waals surface area contributed by atoms with Crippen LogP contribution in [0.15, 0.2) is 18.2 Å². The third kappa shape index (κ3) is 4.70. The van der Waals surface area contributed by atoms with Gasteiger partial charge in [0.2, 0.25) is 0 Å². The molecule has 0 aromatic heterocycles. The summed E-state index contributed by atoms with van der Waals surface area (Å²) in [5, 5.41) is 0. The highest BCUT2D eigenvalue weighted by molar-refractivity contribution is 5.39. The smallest absolute Gasteiger partial charge is 0.123 e. The number of nitrogens with zero attached hydrogens (tertiary/aromatic N) is 1. The number of hydrogen-bond acceptors (Lipinski definition) is 4. The van der Waals surface area contributed by atoms with Crippen LogP contribution in [0.3, 0.4) is 0 Å². The molecule has 4 heteroatoms. The molecular formula is C17H28N2O2. The first-order valence-electron chi connectivity index (χ1n) is 7.80. The molecule has 1 aliphatic rings. The molecule has 1 aromatic rings. The maximum Gasteiger partial charge on any atom is 0.123 e. The van der Waals surface area contributed by atoms with Crippen LogP contribution in [0.25, 0.3) is 0 Å². The predicted octanol–water partition coefficient (Wildman–Crippen LogP) is 2.50. The lowest BCUT2D eigenvalue weighted by molar-refractivity contribution is -0.00216. The van der Waals surface area contributed by atoms with Crippen molar-refractivity contribution in [3.8, 4) is 5.75 Å². The van der Waals surface area contributed by atoms with Gasteiger partial charge in [-0.15, -0.1) is 0 Å². The average molecular weight is 292 g/mol. The van der Waals surface area contributed by atoms with E-state index in [1.807, 2.05) is 6.07 Å². The molecule has 118 valence electrons. The van der Waals surface area contributed by atoms with Gasteiger partial charge >= 0.3 is 0 Å². The number of methoxy groups -OCH3 is 1. The Balaban J connectivity index is 1.93. The molecule has 1 aliphatic heterocycles. The molecule has 21 heavy (non-hydrogen) atoms. The summed E-state index contributed by atoms with van der Waals surface area (Å²) >= 11 is 0. The maximum absolute atomic E-state index is 6.38. The van der Waals surface area contributed by atoms with Gasteiger partial charge in [-0.25, -0.2) is 0 Å². The van der Waals surface area contributed by atoms with Crippen molar-refractivity contribution >= 4 is 0 Å². The fraction of sp³-hybridized carbons (Fsp3) is 0.647. The zero-order valence-corrected chi connectivity index (χ0v) is 13.5. The fourth-order valence-corrected chi connectivity index (χ4v) is 2.95. The molecule has 1 heterocycles. The van der Waals surface area contributed by atoms with Crippen molar-refractivity contribution in [2.24, 2.45) is 5.73 Å². The van der Waals surface area contributed by atoms with Gasteiger partial charge in [-0.05, 0) is 39.3 Å². The van der Waals surface area contributed by atoms with Gasteiger partial charge < -0.3 is 20.1 Å². The van der Waals surface area contributed by atoms with E-state index in [0.29, 0.717) is 6.10 Å². The second-order valence-corrected chi connectivity index (χ2v) is 6.06. The minimum atomic E-state index is -0.0477. The van der Waals surface area contributed by atoms with Gasteiger partial charge in [0.15, 0.2) is 0 Å². The van der Waals surface area contributed by atoms with E-state index in [4.69, 9.17) is 15.2 Å². The molecule has 1 aromatic carbocycles. The lowest BCUT2D eigenvalue weighted by atomic mass is 10.0. The molecule has 0 amide bonds. The Kier molecular flexibility index (Phi) is 6.03. The van der Waals surface area contributed by atoms with Gasteiger partial charge in [-0.1, -0.05) is 17.7 Å². The Morgan fingerprint density at radius 3 is 2.90 bits per heavy atom. The molecule has 2 unspecified atom stereocenters. The second-order valence-electron chi connectivity index (χ2n) is 6.06. The second kappa shape index (κ2) is 7.78. The van der Waals surface area contributed by atoms with Crippen molar-refractivity contribution in [3.63, 3.8) is 0 Å². The minimum absolute atomic E-state index is 0.0477. The maximum atomic E-state index is 6.38. The predicted molar refractivity (Wildman–Crippen MR) is 85.7 cm³/mol. The summed E-state index contributed by atoms with van der Waals surface area (Å²) in [6.07, 6.45) is 3.99. The van der Waals surface area contributed by atoms with Crippen LogP contribution in [-0.4, -0.2) is 44.9 Å². The Morgan fingerprint density at radius 1 is 1.43 bits per heavy atom. The van der Waals surface area contributed by atoms with E-state index in [1.54, 1.807) is 7.11 Å². The molecule has 0 spiro atoms. The standard InChI is InChI=1S/C17H28N2O2/c1-13-7-8-17(20-3)15(10-13)16(18)12-19(2)11-14-6-4-5-9-21-14/h7-8,10,14,16H,4-6,9,11-12,18H2,1-3H3. The first kappa shape index (κ1) is 16.3. The minimum Gasteiger partial charge on any atom is -0.496 e. The average Bonchev–Trinajstić information content (AvgIpc) is 2.48. The largest absolute Gasteiger partial charge is 0.496 e. The normalized spacial score (nSPS) is 20.5. The first-order valence-corrected chi connectivity index (χ1v) is 7.80. The number of likely N-dealkylation sites (N-methyl/N-ethyl adjacent to an activating group) is 1. The molecule has 1 fully saturated rings. The molecule has 4 nitrogen and oxygen atoms in total. The third-order valence-corrected chi connectivity index (χ3v) is 4.08. The molecule has 0 saturated carbocycles. The number of nitrogens with two attached hydrogens (primary N) is 1. The molecule has 0 bridgehead atoms.